The minimum Gasteiger partial charge on any atom is -0.483 e. The van der Waals surface area contributed by atoms with E-state index in [2.05, 4.69) is 54.1 Å². The van der Waals surface area contributed by atoms with Crippen LogP contribution in [0.5, 0.6) is 5.75 Å². The van der Waals surface area contributed by atoms with Crippen LogP contribution in [0.15, 0.2) is 66.7 Å². The van der Waals surface area contributed by atoms with Gasteiger partial charge in [0, 0.05) is 6.54 Å². The molecule has 0 aliphatic rings. The highest BCUT2D eigenvalue weighted by molar-refractivity contribution is 5.79. The summed E-state index contributed by atoms with van der Waals surface area (Å²) in [6.45, 7) is 11.0. The number of hydrogen-bond acceptors (Lipinski definition) is 3. The number of hydrogen-bond donors (Lipinski definition) is 1. The van der Waals surface area contributed by atoms with Crippen LogP contribution < -0.4 is 10.1 Å². The average molecular weight is 456 g/mol. The molecule has 0 aliphatic carbocycles. The first-order valence-corrected chi connectivity index (χ1v) is 11.8. The predicted octanol–water partition coefficient (Wildman–Crippen LogP) is 6.08. The molecule has 0 aliphatic heterocycles. The van der Waals surface area contributed by atoms with Gasteiger partial charge in [0.15, 0.2) is 6.61 Å². The minimum absolute atomic E-state index is 0.0362. The van der Waals surface area contributed by atoms with E-state index < -0.39 is 0 Å². The van der Waals surface area contributed by atoms with Crippen LogP contribution in [-0.4, -0.2) is 22.1 Å². The Morgan fingerprint density at radius 3 is 2.47 bits per heavy atom. The van der Waals surface area contributed by atoms with Crippen molar-refractivity contribution in [3.8, 4) is 5.75 Å². The zero-order valence-electron chi connectivity index (χ0n) is 20.6. The number of aromatic nitrogens is 2. The number of imidazole rings is 1. The number of aryl methyl sites for hydroxylation is 2. The van der Waals surface area contributed by atoms with E-state index in [-0.39, 0.29) is 18.6 Å². The second-order valence-corrected chi connectivity index (χ2v) is 9.29. The maximum Gasteiger partial charge on any atom is 0.258 e. The van der Waals surface area contributed by atoms with Crippen molar-refractivity contribution in [2.24, 2.45) is 0 Å². The summed E-state index contributed by atoms with van der Waals surface area (Å²) in [7, 11) is 0. The lowest BCUT2D eigenvalue weighted by molar-refractivity contribution is -0.123. The zero-order valence-corrected chi connectivity index (χ0v) is 20.6. The summed E-state index contributed by atoms with van der Waals surface area (Å²) in [4.78, 5) is 17.6. The Hall–Kier alpha value is -3.60. The summed E-state index contributed by atoms with van der Waals surface area (Å²) in [6.07, 6.45) is 0. The van der Waals surface area contributed by atoms with Gasteiger partial charge >= 0.3 is 0 Å². The molecule has 0 saturated carbocycles. The van der Waals surface area contributed by atoms with E-state index in [4.69, 9.17) is 9.72 Å². The third kappa shape index (κ3) is 5.30. The van der Waals surface area contributed by atoms with E-state index in [0.29, 0.717) is 12.5 Å². The van der Waals surface area contributed by atoms with Crippen molar-refractivity contribution in [3.63, 3.8) is 0 Å². The maximum absolute atomic E-state index is 12.7. The van der Waals surface area contributed by atoms with Crippen LogP contribution in [0.2, 0.25) is 0 Å². The summed E-state index contributed by atoms with van der Waals surface area (Å²) in [5, 5.41) is 3.06. The quantitative estimate of drug-likeness (QED) is 0.350. The first kappa shape index (κ1) is 23.6. The highest BCUT2D eigenvalue weighted by Crippen LogP contribution is 2.24. The van der Waals surface area contributed by atoms with Crippen LogP contribution in [-0.2, 0) is 11.3 Å². The Bertz CT molecular complexity index is 1290. The molecule has 1 aromatic heterocycles. The van der Waals surface area contributed by atoms with Gasteiger partial charge in [-0.05, 0) is 67.1 Å². The molecule has 0 saturated heterocycles. The van der Waals surface area contributed by atoms with Gasteiger partial charge in [-0.3, -0.25) is 4.79 Å². The molecule has 1 unspecified atom stereocenters. The lowest BCUT2D eigenvalue weighted by Crippen LogP contribution is -2.32. The molecule has 1 amide bonds. The molecular weight excluding hydrogens is 422 g/mol. The highest BCUT2D eigenvalue weighted by Gasteiger charge is 2.19. The van der Waals surface area contributed by atoms with E-state index in [1.54, 1.807) is 0 Å². The Labute approximate surface area is 201 Å². The number of ether oxygens (including phenoxy) is 1. The lowest BCUT2D eigenvalue weighted by atomic mass is 10.0. The van der Waals surface area contributed by atoms with E-state index in [9.17, 15) is 4.79 Å². The molecule has 176 valence electrons. The van der Waals surface area contributed by atoms with Gasteiger partial charge < -0.3 is 14.6 Å². The maximum atomic E-state index is 12.7. The molecule has 0 fully saturated rings. The Morgan fingerprint density at radius 2 is 1.74 bits per heavy atom. The molecule has 3 aromatic carbocycles. The van der Waals surface area contributed by atoms with Crippen LogP contribution >= 0.6 is 0 Å². The van der Waals surface area contributed by atoms with Crippen LogP contribution in [0, 0.1) is 13.8 Å². The van der Waals surface area contributed by atoms with Gasteiger partial charge in [0.2, 0.25) is 0 Å². The van der Waals surface area contributed by atoms with Gasteiger partial charge in [0.25, 0.3) is 5.91 Å². The highest BCUT2D eigenvalue weighted by atomic mass is 16.5. The van der Waals surface area contributed by atoms with Gasteiger partial charge in [-0.25, -0.2) is 4.98 Å². The van der Waals surface area contributed by atoms with Gasteiger partial charge in [-0.1, -0.05) is 62.4 Å². The van der Waals surface area contributed by atoms with Crippen LogP contribution in [0.3, 0.4) is 0 Å². The fraction of sp³-hybridized carbons (Fsp3) is 0.310. The number of nitrogens with one attached hydrogen (secondary N) is 1. The standard InChI is InChI=1S/C29H33N3O2/c1-19(2)24-14-12-23(13-15-24)17-32-26-9-7-6-8-25(26)31-29(32)22(5)30-28(33)18-34-27-16-20(3)10-11-21(27)4/h6-16,19,22H,17-18H2,1-5H3,(H,30,33). The monoisotopic (exact) mass is 455 g/mol. The molecule has 0 radical (unpaired) electrons. The smallest absolute Gasteiger partial charge is 0.258 e. The van der Waals surface area contributed by atoms with E-state index in [1.165, 1.54) is 11.1 Å². The number of amides is 1. The third-order valence-electron chi connectivity index (χ3n) is 6.14. The van der Waals surface area contributed by atoms with E-state index >= 15 is 0 Å². The predicted molar refractivity (Wildman–Crippen MR) is 137 cm³/mol. The fourth-order valence-corrected chi connectivity index (χ4v) is 4.14. The number of rotatable bonds is 8. The summed E-state index contributed by atoms with van der Waals surface area (Å²) in [5.74, 6) is 1.89. The topological polar surface area (TPSA) is 56.1 Å². The number of carbonyl (C=O) groups is 1. The summed E-state index contributed by atoms with van der Waals surface area (Å²) < 4.78 is 7.98. The fourth-order valence-electron chi connectivity index (χ4n) is 4.14. The Morgan fingerprint density at radius 1 is 1.00 bits per heavy atom. The summed E-state index contributed by atoms with van der Waals surface area (Å²) >= 11 is 0. The van der Waals surface area contributed by atoms with Crippen LogP contribution in [0.25, 0.3) is 11.0 Å². The molecule has 4 aromatic rings. The molecule has 1 heterocycles. The minimum atomic E-state index is -0.267. The van der Waals surface area contributed by atoms with Crippen molar-refractivity contribution in [2.75, 3.05) is 6.61 Å². The molecule has 1 atom stereocenters. The number of nitrogens with zero attached hydrogens (tertiary/aromatic N) is 2. The molecule has 0 bridgehead atoms. The third-order valence-corrected chi connectivity index (χ3v) is 6.14. The van der Waals surface area contributed by atoms with Crippen molar-refractivity contribution in [3.05, 3.63) is 94.8 Å². The van der Waals surface area contributed by atoms with Crippen molar-refractivity contribution in [1.82, 2.24) is 14.9 Å². The van der Waals surface area contributed by atoms with Crippen molar-refractivity contribution in [2.45, 2.75) is 53.1 Å². The van der Waals surface area contributed by atoms with Crippen LogP contribution in [0.4, 0.5) is 0 Å². The molecule has 34 heavy (non-hydrogen) atoms. The first-order chi connectivity index (χ1) is 16.3. The number of fused-ring (bicyclic) bond motifs is 1. The molecular formula is C29H33N3O2. The SMILES string of the molecule is Cc1ccc(C)c(OCC(=O)NC(C)c2nc3ccccc3n2Cc2ccc(C(C)C)cc2)c1. The van der Waals surface area contributed by atoms with E-state index in [0.717, 1.165) is 33.7 Å². The van der Waals surface area contributed by atoms with E-state index in [1.807, 2.05) is 57.2 Å². The van der Waals surface area contributed by atoms with Crippen molar-refractivity contribution >= 4 is 16.9 Å². The van der Waals surface area contributed by atoms with Crippen molar-refractivity contribution in [1.29, 1.82) is 0 Å². The first-order valence-electron chi connectivity index (χ1n) is 11.8. The van der Waals surface area contributed by atoms with Gasteiger partial charge in [0.1, 0.15) is 11.6 Å². The van der Waals surface area contributed by atoms with Gasteiger partial charge in [-0.2, -0.15) is 0 Å². The lowest BCUT2D eigenvalue weighted by Gasteiger charge is -2.17. The summed E-state index contributed by atoms with van der Waals surface area (Å²) in [5.41, 5.74) is 6.61. The molecule has 1 N–H and O–H groups in total. The number of benzene rings is 3. The second-order valence-electron chi connectivity index (χ2n) is 9.29. The normalized spacial score (nSPS) is 12.2. The number of carbonyl (C=O) groups excluding carboxylic acids is 1. The van der Waals surface area contributed by atoms with Gasteiger partial charge in [0.05, 0.1) is 17.1 Å². The molecule has 5 heteroatoms. The Kier molecular flexibility index (Phi) is 7.01. The van der Waals surface area contributed by atoms with Crippen LogP contribution in [0.1, 0.15) is 60.8 Å². The zero-order chi connectivity index (χ0) is 24.2. The second kappa shape index (κ2) is 10.1. The molecule has 0 spiro atoms. The molecule has 5 nitrogen and oxygen atoms in total. The van der Waals surface area contributed by atoms with Gasteiger partial charge in [-0.15, -0.1) is 0 Å². The summed E-state index contributed by atoms with van der Waals surface area (Å²) in [6, 6.07) is 22.5. The average Bonchev–Trinajstić information content (AvgIpc) is 3.18. The largest absolute Gasteiger partial charge is 0.483 e. The Balaban J connectivity index is 1.52. The molecule has 4 rings (SSSR count). The van der Waals surface area contributed by atoms with Crippen molar-refractivity contribution < 1.29 is 9.53 Å². The number of para-hydroxylation sites is 2.